The molecule has 0 aliphatic heterocycles. The van der Waals surface area contributed by atoms with Crippen LogP contribution in [0.15, 0.2) is 43.2 Å². The fourth-order valence-corrected chi connectivity index (χ4v) is 1.87. The summed E-state index contributed by atoms with van der Waals surface area (Å²) in [5.74, 6) is 0. The van der Waals surface area contributed by atoms with Crippen LogP contribution in [0.4, 0.5) is 16.2 Å². The Balaban J connectivity index is 1.86. The maximum absolute atomic E-state index is 11.7. The molecule has 2 N–H and O–H groups in total. The van der Waals surface area contributed by atoms with E-state index in [1.807, 2.05) is 51.2 Å². The zero-order valence-electron chi connectivity index (χ0n) is 13.7. The van der Waals surface area contributed by atoms with Crippen molar-refractivity contribution in [3.8, 4) is 0 Å². The van der Waals surface area contributed by atoms with E-state index in [1.54, 1.807) is 17.1 Å². The average Bonchev–Trinajstić information content (AvgIpc) is 2.92. The van der Waals surface area contributed by atoms with Crippen molar-refractivity contribution in [2.45, 2.75) is 32.9 Å². The Bertz CT molecular complexity index is 669. The number of nitrogens with zero attached hydrogens (tertiary/aromatic N) is 2. The predicted molar refractivity (Wildman–Crippen MR) is 92.2 cm³/mol. The number of rotatable bonds is 5. The highest BCUT2D eigenvalue weighted by atomic mass is 16.6. The van der Waals surface area contributed by atoms with Crippen LogP contribution in [0.25, 0.3) is 6.20 Å². The van der Waals surface area contributed by atoms with Crippen LogP contribution in [-0.2, 0) is 11.3 Å². The Morgan fingerprint density at radius 1 is 1.30 bits per heavy atom. The SMILES string of the molecule is C=Cn1cc(CNc2ccc(NC(=O)OC(C)(C)C)cc2)cn1. The second-order valence-corrected chi connectivity index (χ2v) is 6.07. The van der Waals surface area contributed by atoms with E-state index in [2.05, 4.69) is 22.3 Å². The van der Waals surface area contributed by atoms with Crippen LogP contribution < -0.4 is 10.6 Å². The number of carbonyl (C=O) groups excluding carboxylic acids is 1. The van der Waals surface area contributed by atoms with Crippen molar-refractivity contribution < 1.29 is 9.53 Å². The predicted octanol–water partition coefficient (Wildman–Crippen LogP) is 3.94. The fraction of sp³-hybridized carbons (Fsp3) is 0.294. The van der Waals surface area contributed by atoms with Gasteiger partial charge in [0, 0.05) is 35.9 Å². The molecule has 6 heteroatoms. The Kier molecular flexibility index (Phi) is 5.05. The molecule has 0 aliphatic rings. The highest BCUT2D eigenvalue weighted by molar-refractivity contribution is 5.85. The Labute approximate surface area is 136 Å². The van der Waals surface area contributed by atoms with E-state index in [0.29, 0.717) is 12.2 Å². The smallest absolute Gasteiger partial charge is 0.412 e. The summed E-state index contributed by atoms with van der Waals surface area (Å²) in [4.78, 5) is 11.7. The summed E-state index contributed by atoms with van der Waals surface area (Å²) in [7, 11) is 0. The monoisotopic (exact) mass is 314 g/mol. The first kappa shape index (κ1) is 16.6. The summed E-state index contributed by atoms with van der Waals surface area (Å²) in [6.45, 7) is 9.80. The molecule has 6 nitrogen and oxygen atoms in total. The van der Waals surface area contributed by atoms with E-state index < -0.39 is 11.7 Å². The molecule has 0 spiro atoms. The van der Waals surface area contributed by atoms with Gasteiger partial charge in [-0.15, -0.1) is 0 Å². The van der Waals surface area contributed by atoms with Gasteiger partial charge in [0.15, 0.2) is 0 Å². The molecule has 1 aromatic carbocycles. The lowest BCUT2D eigenvalue weighted by atomic mass is 10.2. The number of anilines is 2. The van der Waals surface area contributed by atoms with Crippen molar-refractivity contribution in [2.24, 2.45) is 0 Å². The largest absolute Gasteiger partial charge is 0.444 e. The number of hydrogen-bond acceptors (Lipinski definition) is 4. The molecular weight excluding hydrogens is 292 g/mol. The number of nitrogens with one attached hydrogen (secondary N) is 2. The highest BCUT2D eigenvalue weighted by Gasteiger charge is 2.15. The van der Waals surface area contributed by atoms with Crippen molar-refractivity contribution >= 4 is 23.7 Å². The van der Waals surface area contributed by atoms with Gasteiger partial charge in [-0.25, -0.2) is 9.48 Å². The molecule has 122 valence electrons. The van der Waals surface area contributed by atoms with Crippen molar-refractivity contribution in [1.29, 1.82) is 0 Å². The minimum absolute atomic E-state index is 0.463. The summed E-state index contributed by atoms with van der Waals surface area (Å²) in [5, 5.41) is 10.1. The quantitative estimate of drug-likeness (QED) is 0.877. The van der Waals surface area contributed by atoms with Gasteiger partial charge in [0.1, 0.15) is 5.60 Å². The zero-order valence-corrected chi connectivity index (χ0v) is 13.7. The second-order valence-electron chi connectivity index (χ2n) is 6.07. The van der Waals surface area contributed by atoms with Gasteiger partial charge >= 0.3 is 6.09 Å². The first-order valence-corrected chi connectivity index (χ1v) is 7.35. The molecule has 23 heavy (non-hydrogen) atoms. The average molecular weight is 314 g/mol. The van der Waals surface area contributed by atoms with Crippen LogP contribution in [0.3, 0.4) is 0 Å². The van der Waals surface area contributed by atoms with E-state index in [4.69, 9.17) is 4.74 Å². The van der Waals surface area contributed by atoms with E-state index >= 15 is 0 Å². The molecule has 0 aliphatic carbocycles. The molecule has 2 aromatic rings. The van der Waals surface area contributed by atoms with Crippen molar-refractivity contribution in [3.63, 3.8) is 0 Å². The summed E-state index contributed by atoms with van der Waals surface area (Å²) in [6.07, 6.45) is 4.86. The van der Waals surface area contributed by atoms with Gasteiger partial charge in [-0.2, -0.15) is 5.10 Å². The van der Waals surface area contributed by atoms with Crippen molar-refractivity contribution in [3.05, 3.63) is 48.8 Å². The third kappa shape index (κ3) is 5.50. The lowest BCUT2D eigenvalue weighted by molar-refractivity contribution is 0.0636. The topological polar surface area (TPSA) is 68.2 Å². The number of hydrogen-bond donors (Lipinski definition) is 2. The van der Waals surface area contributed by atoms with Gasteiger partial charge < -0.3 is 10.1 Å². The maximum atomic E-state index is 11.7. The van der Waals surface area contributed by atoms with Gasteiger partial charge in [-0.3, -0.25) is 5.32 Å². The van der Waals surface area contributed by atoms with Crippen LogP contribution in [0.2, 0.25) is 0 Å². The summed E-state index contributed by atoms with van der Waals surface area (Å²) >= 11 is 0. The first-order valence-electron chi connectivity index (χ1n) is 7.35. The number of benzene rings is 1. The van der Waals surface area contributed by atoms with E-state index in [9.17, 15) is 4.79 Å². The standard InChI is InChI=1S/C17H22N4O2/c1-5-21-12-13(11-19-21)10-18-14-6-8-15(9-7-14)20-16(22)23-17(2,3)4/h5-9,11-12,18H,1,10H2,2-4H3,(H,20,22). The van der Waals surface area contributed by atoms with E-state index in [1.165, 1.54) is 0 Å². The molecule has 2 rings (SSSR count). The molecule has 1 amide bonds. The fourth-order valence-electron chi connectivity index (χ4n) is 1.87. The van der Waals surface area contributed by atoms with Gasteiger partial charge in [0.2, 0.25) is 0 Å². The molecule has 0 radical (unpaired) electrons. The molecule has 0 saturated heterocycles. The number of carbonyl (C=O) groups is 1. The minimum atomic E-state index is -0.512. The van der Waals surface area contributed by atoms with Gasteiger partial charge in [-0.1, -0.05) is 6.58 Å². The Hall–Kier alpha value is -2.76. The second kappa shape index (κ2) is 7.00. The molecule has 0 atom stereocenters. The third-order valence-electron chi connectivity index (χ3n) is 2.87. The summed E-state index contributed by atoms with van der Waals surface area (Å²) < 4.78 is 6.86. The maximum Gasteiger partial charge on any atom is 0.412 e. The highest BCUT2D eigenvalue weighted by Crippen LogP contribution is 2.16. The van der Waals surface area contributed by atoms with Crippen LogP contribution >= 0.6 is 0 Å². The van der Waals surface area contributed by atoms with Gasteiger partial charge in [0.25, 0.3) is 0 Å². The summed E-state index contributed by atoms with van der Waals surface area (Å²) in [6, 6.07) is 7.42. The molecule has 0 unspecified atom stereocenters. The number of aromatic nitrogens is 2. The lowest BCUT2D eigenvalue weighted by Gasteiger charge is -2.19. The Morgan fingerprint density at radius 2 is 1.96 bits per heavy atom. The zero-order chi connectivity index (χ0) is 16.9. The molecule has 0 bridgehead atoms. The molecular formula is C17H22N4O2. The Morgan fingerprint density at radius 3 is 2.52 bits per heavy atom. The van der Waals surface area contributed by atoms with Gasteiger partial charge in [-0.05, 0) is 45.0 Å². The van der Waals surface area contributed by atoms with Crippen LogP contribution in [0.5, 0.6) is 0 Å². The van der Waals surface area contributed by atoms with E-state index in [0.717, 1.165) is 11.3 Å². The number of ether oxygens (including phenoxy) is 1. The third-order valence-corrected chi connectivity index (χ3v) is 2.87. The summed E-state index contributed by atoms with van der Waals surface area (Å²) in [5.41, 5.74) is 2.18. The molecule has 1 heterocycles. The van der Waals surface area contributed by atoms with Crippen LogP contribution in [0, 0.1) is 0 Å². The minimum Gasteiger partial charge on any atom is -0.444 e. The van der Waals surface area contributed by atoms with Gasteiger partial charge in [0.05, 0.1) is 6.20 Å². The normalized spacial score (nSPS) is 10.9. The number of amides is 1. The van der Waals surface area contributed by atoms with Crippen molar-refractivity contribution in [2.75, 3.05) is 10.6 Å². The van der Waals surface area contributed by atoms with Crippen LogP contribution in [-0.4, -0.2) is 21.5 Å². The molecule has 0 saturated carbocycles. The first-order chi connectivity index (χ1) is 10.9. The van der Waals surface area contributed by atoms with E-state index in [-0.39, 0.29) is 0 Å². The molecule has 0 fully saturated rings. The lowest BCUT2D eigenvalue weighted by Crippen LogP contribution is -2.27. The molecule has 1 aromatic heterocycles. The van der Waals surface area contributed by atoms with Crippen LogP contribution in [0.1, 0.15) is 26.3 Å². The van der Waals surface area contributed by atoms with Crippen molar-refractivity contribution in [1.82, 2.24) is 9.78 Å².